The molecule has 0 aromatic heterocycles. The fraction of sp³-hybridized carbons (Fsp3) is 0.800. The smallest absolute Gasteiger partial charge is 0.236 e. The molecule has 0 aromatic rings. The lowest BCUT2D eigenvalue weighted by Gasteiger charge is -2.09. The predicted molar refractivity (Wildman–Crippen MR) is 41.7 cm³/mol. The number of halogens is 1. The van der Waals surface area contributed by atoms with Gasteiger partial charge in [-0.1, -0.05) is 6.92 Å². The van der Waals surface area contributed by atoms with Gasteiger partial charge in [-0.3, -0.25) is 9.21 Å². The first-order chi connectivity index (χ1) is 4.22. The van der Waals surface area contributed by atoms with Crippen molar-refractivity contribution in [1.82, 2.24) is 4.42 Å². The van der Waals surface area contributed by atoms with Gasteiger partial charge in [0.15, 0.2) is 0 Å². The van der Waals surface area contributed by atoms with Crippen LogP contribution in [-0.4, -0.2) is 22.6 Å². The summed E-state index contributed by atoms with van der Waals surface area (Å²) in [4.78, 5) is 10.7. The second kappa shape index (κ2) is 4.94. The van der Waals surface area contributed by atoms with E-state index >= 15 is 0 Å². The van der Waals surface area contributed by atoms with E-state index in [1.165, 1.54) is 0 Å². The summed E-state index contributed by atoms with van der Waals surface area (Å²) in [5, 5.41) is 0. The average Bonchev–Trinajstić information content (AvgIpc) is 1.87. The standard InChI is InChI=1S/C5H10ClNOS/c1-2-5(8)7(6)3-4-9/h9H,2-4H2,1H3. The summed E-state index contributed by atoms with van der Waals surface area (Å²) in [6.07, 6.45) is 0.456. The van der Waals surface area contributed by atoms with E-state index in [4.69, 9.17) is 11.8 Å². The van der Waals surface area contributed by atoms with Crippen molar-refractivity contribution in [1.29, 1.82) is 0 Å². The predicted octanol–water partition coefficient (Wildman–Crippen LogP) is 1.31. The fourth-order valence-corrected chi connectivity index (χ4v) is 0.906. The van der Waals surface area contributed by atoms with E-state index in [0.717, 1.165) is 4.42 Å². The average molecular weight is 168 g/mol. The summed E-state index contributed by atoms with van der Waals surface area (Å²) in [6.45, 7) is 2.29. The van der Waals surface area contributed by atoms with E-state index in [1.807, 2.05) is 0 Å². The second-order valence-corrected chi connectivity index (χ2v) is 2.41. The normalized spacial score (nSPS) is 9.22. The monoisotopic (exact) mass is 167 g/mol. The van der Waals surface area contributed by atoms with Gasteiger partial charge in [0.05, 0.1) is 0 Å². The molecule has 2 nitrogen and oxygen atoms in total. The lowest BCUT2D eigenvalue weighted by atomic mass is 10.4. The van der Waals surface area contributed by atoms with Crippen LogP contribution >= 0.6 is 24.4 Å². The van der Waals surface area contributed by atoms with Crippen LogP contribution in [0.2, 0.25) is 0 Å². The molecule has 0 atom stereocenters. The summed E-state index contributed by atoms with van der Waals surface area (Å²) in [5.41, 5.74) is 0. The molecule has 0 aliphatic heterocycles. The minimum atomic E-state index is -0.0503. The van der Waals surface area contributed by atoms with Gasteiger partial charge in [0.1, 0.15) is 0 Å². The van der Waals surface area contributed by atoms with Crippen LogP contribution < -0.4 is 0 Å². The number of rotatable bonds is 3. The van der Waals surface area contributed by atoms with Crippen LogP contribution in [0.3, 0.4) is 0 Å². The number of hydrogen-bond donors (Lipinski definition) is 1. The molecule has 0 aliphatic carbocycles. The van der Waals surface area contributed by atoms with Crippen molar-refractivity contribution in [3.8, 4) is 0 Å². The van der Waals surface area contributed by atoms with Crippen LogP contribution in [0, 0.1) is 0 Å². The zero-order chi connectivity index (χ0) is 7.28. The van der Waals surface area contributed by atoms with E-state index in [9.17, 15) is 4.79 Å². The molecular weight excluding hydrogens is 158 g/mol. The Hall–Kier alpha value is 0.110. The van der Waals surface area contributed by atoms with Gasteiger partial charge in [-0.15, -0.1) is 0 Å². The van der Waals surface area contributed by atoms with Crippen molar-refractivity contribution in [3.63, 3.8) is 0 Å². The lowest BCUT2D eigenvalue weighted by molar-refractivity contribution is -0.126. The topological polar surface area (TPSA) is 20.3 Å². The lowest BCUT2D eigenvalue weighted by Crippen LogP contribution is -2.22. The number of nitrogens with zero attached hydrogens (tertiary/aromatic N) is 1. The molecule has 0 aromatic carbocycles. The van der Waals surface area contributed by atoms with E-state index in [0.29, 0.717) is 18.7 Å². The van der Waals surface area contributed by atoms with Crippen molar-refractivity contribution in [2.24, 2.45) is 0 Å². The van der Waals surface area contributed by atoms with Crippen LogP contribution in [0.5, 0.6) is 0 Å². The summed E-state index contributed by atoms with van der Waals surface area (Å²) < 4.78 is 1.16. The van der Waals surface area contributed by atoms with Crippen molar-refractivity contribution >= 4 is 30.3 Å². The van der Waals surface area contributed by atoms with Gasteiger partial charge in [0.25, 0.3) is 0 Å². The minimum absolute atomic E-state index is 0.0503. The molecule has 4 heteroatoms. The molecule has 0 aliphatic rings. The third kappa shape index (κ3) is 3.65. The number of hydrogen-bond acceptors (Lipinski definition) is 2. The first kappa shape index (κ1) is 9.11. The van der Waals surface area contributed by atoms with Gasteiger partial charge in [-0.2, -0.15) is 12.6 Å². The van der Waals surface area contributed by atoms with Crippen LogP contribution in [0.4, 0.5) is 0 Å². The maximum Gasteiger partial charge on any atom is 0.236 e. The molecular formula is C5H10ClNOS. The highest BCUT2D eigenvalue weighted by atomic mass is 35.5. The van der Waals surface area contributed by atoms with Crippen molar-refractivity contribution in [3.05, 3.63) is 0 Å². The highest BCUT2D eigenvalue weighted by Crippen LogP contribution is 1.97. The molecule has 0 unspecified atom stereocenters. The molecule has 0 rings (SSSR count). The molecule has 1 amide bonds. The van der Waals surface area contributed by atoms with Crippen LogP contribution in [0.1, 0.15) is 13.3 Å². The Morgan fingerprint density at radius 1 is 1.78 bits per heavy atom. The van der Waals surface area contributed by atoms with Gasteiger partial charge in [-0.25, -0.2) is 0 Å². The van der Waals surface area contributed by atoms with Crippen LogP contribution in [0.25, 0.3) is 0 Å². The number of carbonyl (C=O) groups is 1. The summed E-state index contributed by atoms with van der Waals surface area (Å²) >= 11 is 9.38. The maximum absolute atomic E-state index is 10.7. The fourth-order valence-electron chi connectivity index (χ4n) is 0.384. The molecule has 0 saturated heterocycles. The summed E-state index contributed by atoms with van der Waals surface area (Å²) in [5.74, 6) is 0.556. The molecule has 0 heterocycles. The molecule has 9 heavy (non-hydrogen) atoms. The first-order valence-electron chi connectivity index (χ1n) is 2.79. The minimum Gasteiger partial charge on any atom is -0.274 e. The van der Waals surface area contributed by atoms with Gasteiger partial charge in [0.2, 0.25) is 5.91 Å². The van der Waals surface area contributed by atoms with E-state index in [2.05, 4.69) is 12.6 Å². The molecule has 0 radical (unpaired) electrons. The molecule has 0 fully saturated rings. The van der Waals surface area contributed by atoms with Crippen molar-refractivity contribution in [2.45, 2.75) is 13.3 Å². The largest absolute Gasteiger partial charge is 0.274 e. The Kier molecular flexibility index (Phi) is 5.00. The molecule has 54 valence electrons. The number of carbonyl (C=O) groups excluding carboxylic acids is 1. The summed E-state index contributed by atoms with van der Waals surface area (Å²) in [6, 6.07) is 0. The SMILES string of the molecule is CCC(=O)N(Cl)CCS. The van der Waals surface area contributed by atoms with Crippen molar-refractivity contribution in [2.75, 3.05) is 12.3 Å². The highest BCUT2D eigenvalue weighted by Gasteiger charge is 2.04. The Balaban J connectivity index is 3.45. The second-order valence-electron chi connectivity index (χ2n) is 1.56. The highest BCUT2D eigenvalue weighted by molar-refractivity contribution is 7.80. The Labute approximate surface area is 65.7 Å². The van der Waals surface area contributed by atoms with Crippen LogP contribution in [-0.2, 0) is 4.79 Å². The number of thiol groups is 1. The van der Waals surface area contributed by atoms with E-state index in [1.54, 1.807) is 6.92 Å². The maximum atomic E-state index is 10.7. The van der Waals surface area contributed by atoms with Gasteiger partial charge < -0.3 is 0 Å². The third-order valence-electron chi connectivity index (χ3n) is 0.869. The van der Waals surface area contributed by atoms with E-state index in [-0.39, 0.29) is 5.91 Å². The Morgan fingerprint density at radius 2 is 2.33 bits per heavy atom. The van der Waals surface area contributed by atoms with Gasteiger partial charge in [-0.05, 0) is 0 Å². The zero-order valence-corrected chi connectivity index (χ0v) is 6.95. The summed E-state index contributed by atoms with van der Waals surface area (Å²) in [7, 11) is 0. The quantitative estimate of drug-likeness (QED) is 0.497. The third-order valence-corrected chi connectivity index (χ3v) is 1.43. The number of amides is 1. The van der Waals surface area contributed by atoms with E-state index < -0.39 is 0 Å². The van der Waals surface area contributed by atoms with Gasteiger partial charge in [0, 0.05) is 30.5 Å². The molecule has 0 bridgehead atoms. The molecule has 0 spiro atoms. The molecule has 0 N–H and O–H groups in total. The Bertz CT molecular complexity index is 99.0. The first-order valence-corrected chi connectivity index (χ1v) is 3.76. The Morgan fingerprint density at radius 3 is 2.67 bits per heavy atom. The molecule has 0 saturated carbocycles. The van der Waals surface area contributed by atoms with Crippen LogP contribution in [0.15, 0.2) is 0 Å². The van der Waals surface area contributed by atoms with Gasteiger partial charge >= 0.3 is 0 Å². The van der Waals surface area contributed by atoms with Crippen molar-refractivity contribution < 1.29 is 4.79 Å². The zero-order valence-electron chi connectivity index (χ0n) is 5.30.